The van der Waals surface area contributed by atoms with E-state index in [9.17, 15) is 24.6 Å². The molecule has 4 saturated heterocycles. The highest BCUT2D eigenvalue weighted by Gasteiger charge is 2.58. The number of epoxide rings is 1. The van der Waals surface area contributed by atoms with Gasteiger partial charge in [0.05, 0.1) is 43.5 Å². The molecule has 0 radical (unpaired) electrons. The highest BCUT2D eigenvalue weighted by atomic mass is 16.6. The van der Waals surface area contributed by atoms with Gasteiger partial charge in [-0.25, -0.2) is 0 Å². The fourth-order valence-electron chi connectivity index (χ4n) is 5.87. The van der Waals surface area contributed by atoms with Crippen molar-refractivity contribution in [1.29, 1.82) is 0 Å². The molecule has 4 heterocycles. The Kier molecular flexibility index (Phi) is 10.6. The minimum absolute atomic E-state index is 0.00824. The summed E-state index contributed by atoms with van der Waals surface area (Å²) in [4.78, 5) is 37.5. The molecule has 4 rings (SSSR count). The molecule has 4 aliphatic heterocycles. The molecule has 4 aliphatic rings. The molecule has 1 spiro atoms. The van der Waals surface area contributed by atoms with Crippen LogP contribution in [-0.4, -0.2) is 107 Å². The maximum absolute atomic E-state index is 12.5. The van der Waals surface area contributed by atoms with Gasteiger partial charge in [-0.2, -0.15) is 0 Å². The number of rotatable bonds is 10. The molecule has 0 unspecified atom stereocenters. The number of carbonyl (C=O) groups is 3. The molecule has 0 aliphatic carbocycles. The zero-order valence-electron chi connectivity index (χ0n) is 25.2. The molecule has 0 aromatic rings. The van der Waals surface area contributed by atoms with Crippen LogP contribution in [0.25, 0.3) is 0 Å². The number of esters is 1. The molecule has 42 heavy (non-hydrogen) atoms. The summed E-state index contributed by atoms with van der Waals surface area (Å²) in [6.45, 7) is 10.2. The second-order valence-corrected chi connectivity index (χ2v) is 12.3. The minimum Gasteiger partial charge on any atom is -0.459 e. The summed E-state index contributed by atoms with van der Waals surface area (Å²) in [5.74, 6) is -0.494. The van der Waals surface area contributed by atoms with Crippen LogP contribution in [0.1, 0.15) is 60.3 Å². The number of carbonyl (C=O) groups excluding carboxylic acids is 3. The van der Waals surface area contributed by atoms with Crippen LogP contribution < -0.4 is 5.32 Å². The van der Waals surface area contributed by atoms with Crippen LogP contribution in [0.3, 0.4) is 0 Å². The predicted molar refractivity (Wildman–Crippen MR) is 153 cm³/mol. The summed E-state index contributed by atoms with van der Waals surface area (Å²) < 4.78 is 23.0. The number of nitrogens with zero attached hydrogens (tertiary/aromatic N) is 1. The lowest BCUT2D eigenvalue weighted by Gasteiger charge is -2.40. The van der Waals surface area contributed by atoms with E-state index in [0.717, 1.165) is 12.0 Å². The van der Waals surface area contributed by atoms with Crippen molar-refractivity contribution in [2.75, 3.05) is 19.7 Å². The maximum Gasteiger partial charge on any atom is 0.303 e. The summed E-state index contributed by atoms with van der Waals surface area (Å²) in [5, 5.41) is 23.4. The van der Waals surface area contributed by atoms with E-state index in [0.29, 0.717) is 32.5 Å². The molecule has 0 aromatic heterocycles. The normalized spacial score (nSPS) is 36.2. The highest BCUT2D eigenvalue weighted by molar-refractivity contribution is 5.87. The van der Waals surface area contributed by atoms with Crippen molar-refractivity contribution >= 4 is 17.8 Å². The number of allylic oxidation sites excluding steroid dienone is 2. The standard InChI is InChI=1S/C31H46N2O9/c1-18(6-9-26-19(2)12-25(21(4)41-26)32-28(36)11-8-20(3)40-22(5)34)7-10-27-30(38)31(17-39-31)14-24(42-27)13-29(37)33-15-23(35)16-33/h6-8,10-11,19-21,23-27,30,35,38H,9,12-17H2,1-5H3,(H,32,36)/t19-,20-,21+,24+,25+,26-,27+,30+,31+/m0/s1. The van der Waals surface area contributed by atoms with E-state index in [2.05, 4.69) is 18.3 Å². The Bertz CT molecular complexity index is 1080. The van der Waals surface area contributed by atoms with Gasteiger partial charge in [0.15, 0.2) is 0 Å². The molecule has 2 amide bonds. The van der Waals surface area contributed by atoms with Crippen LogP contribution >= 0.6 is 0 Å². The average molecular weight is 591 g/mol. The van der Waals surface area contributed by atoms with Gasteiger partial charge in [0.1, 0.15) is 23.9 Å². The number of β-amino-alcohol motifs (C(OH)–C–C–N with tert-alkyl or cyclic N) is 1. The Morgan fingerprint density at radius 3 is 2.50 bits per heavy atom. The number of ether oxygens (including phenoxy) is 4. The lowest BCUT2D eigenvalue weighted by atomic mass is 9.87. The maximum atomic E-state index is 12.5. The van der Waals surface area contributed by atoms with E-state index < -0.39 is 36.0 Å². The monoisotopic (exact) mass is 590 g/mol. The van der Waals surface area contributed by atoms with Crippen LogP contribution in [0.15, 0.2) is 36.0 Å². The summed E-state index contributed by atoms with van der Waals surface area (Å²) in [6, 6.07) is -0.129. The summed E-state index contributed by atoms with van der Waals surface area (Å²) in [6.07, 6.45) is 8.05. The Morgan fingerprint density at radius 2 is 1.86 bits per heavy atom. The van der Waals surface area contributed by atoms with E-state index in [1.807, 2.05) is 26.0 Å². The van der Waals surface area contributed by atoms with E-state index >= 15 is 0 Å². The minimum atomic E-state index is -0.812. The van der Waals surface area contributed by atoms with Crippen LogP contribution in [-0.2, 0) is 33.3 Å². The Balaban J connectivity index is 1.25. The first-order chi connectivity index (χ1) is 19.8. The summed E-state index contributed by atoms with van der Waals surface area (Å²) in [5.41, 5.74) is 0.337. The van der Waals surface area contributed by atoms with Gasteiger partial charge in [-0.15, -0.1) is 0 Å². The number of hydrogen-bond donors (Lipinski definition) is 3. The average Bonchev–Trinajstić information content (AvgIpc) is 3.67. The molecular weight excluding hydrogens is 544 g/mol. The van der Waals surface area contributed by atoms with Crippen molar-refractivity contribution in [1.82, 2.24) is 10.2 Å². The number of aliphatic hydroxyl groups is 2. The quantitative estimate of drug-likeness (QED) is 0.149. The van der Waals surface area contributed by atoms with Crippen molar-refractivity contribution in [2.45, 2.75) is 115 Å². The van der Waals surface area contributed by atoms with E-state index in [4.69, 9.17) is 18.9 Å². The van der Waals surface area contributed by atoms with E-state index in [1.165, 1.54) is 13.0 Å². The Labute approximate surface area is 247 Å². The third-order valence-corrected chi connectivity index (χ3v) is 8.54. The van der Waals surface area contributed by atoms with Crippen molar-refractivity contribution < 1.29 is 43.5 Å². The summed E-state index contributed by atoms with van der Waals surface area (Å²) >= 11 is 0. The van der Waals surface area contributed by atoms with Crippen molar-refractivity contribution in [2.24, 2.45) is 5.92 Å². The second-order valence-electron chi connectivity index (χ2n) is 12.3. The number of nitrogens with one attached hydrogen (secondary N) is 1. The van der Waals surface area contributed by atoms with E-state index in [-0.39, 0.29) is 48.5 Å². The van der Waals surface area contributed by atoms with Crippen LogP contribution in [0.4, 0.5) is 0 Å². The van der Waals surface area contributed by atoms with Gasteiger partial charge in [-0.1, -0.05) is 30.7 Å². The van der Waals surface area contributed by atoms with Gasteiger partial charge < -0.3 is 39.4 Å². The first kappa shape index (κ1) is 32.3. The van der Waals surface area contributed by atoms with Gasteiger partial charge in [-0.05, 0) is 45.6 Å². The molecule has 3 N–H and O–H groups in total. The number of hydrogen-bond acceptors (Lipinski definition) is 9. The third-order valence-electron chi connectivity index (χ3n) is 8.54. The Morgan fingerprint density at radius 1 is 1.14 bits per heavy atom. The molecule has 0 bridgehead atoms. The van der Waals surface area contributed by atoms with Crippen molar-refractivity contribution in [3.63, 3.8) is 0 Å². The predicted octanol–water partition coefficient (Wildman–Crippen LogP) is 1.57. The lowest BCUT2D eigenvalue weighted by Crippen LogP contribution is -2.55. The molecule has 0 aromatic carbocycles. The van der Waals surface area contributed by atoms with Crippen LogP contribution in [0, 0.1) is 5.92 Å². The van der Waals surface area contributed by atoms with Gasteiger partial charge in [0.25, 0.3) is 0 Å². The highest BCUT2D eigenvalue weighted by Crippen LogP contribution is 2.43. The summed E-state index contributed by atoms with van der Waals surface area (Å²) in [7, 11) is 0. The third kappa shape index (κ3) is 8.50. The molecule has 0 saturated carbocycles. The van der Waals surface area contributed by atoms with Crippen LogP contribution in [0.2, 0.25) is 0 Å². The molecule has 11 nitrogen and oxygen atoms in total. The molecule has 11 heteroatoms. The van der Waals surface area contributed by atoms with Crippen molar-refractivity contribution in [3.05, 3.63) is 36.0 Å². The first-order valence-electron chi connectivity index (χ1n) is 14.9. The zero-order chi connectivity index (χ0) is 30.6. The first-order valence-corrected chi connectivity index (χ1v) is 14.9. The number of likely N-dealkylation sites (tertiary alicyclic amines) is 1. The zero-order valence-corrected chi connectivity index (χ0v) is 25.2. The van der Waals surface area contributed by atoms with Gasteiger partial charge in [-0.3, -0.25) is 14.4 Å². The fraction of sp³-hybridized carbons (Fsp3) is 0.710. The second kappa shape index (κ2) is 13.8. The molecule has 9 atom stereocenters. The van der Waals surface area contributed by atoms with E-state index in [1.54, 1.807) is 17.9 Å². The van der Waals surface area contributed by atoms with Crippen molar-refractivity contribution in [3.8, 4) is 0 Å². The Hall–Kier alpha value is -2.57. The van der Waals surface area contributed by atoms with Gasteiger partial charge >= 0.3 is 5.97 Å². The lowest BCUT2D eigenvalue weighted by molar-refractivity contribution is -0.157. The van der Waals surface area contributed by atoms with Gasteiger partial charge in [0.2, 0.25) is 11.8 Å². The van der Waals surface area contributed by atoms with Crippen LogP contribution in [0.5, 0.6) is 0 Å². The molecule has 4 fully saturated rings. The largest absolute Gasteiger partial charge is 0.459 e. The number of amides is 2. The molecule has 234 valence electrons. The van der Waals surface area contributed by atoms with Gasteiger partial charge in [0, 0.05) is 32.5 Å². The smallest absolute Gasteiger partial charge is 0.303 e. The SMILES string of the molecule is CC(=O)O[C@@H](C)C=CC(=O)N[C@@H]1C[C@H](C)[C@H](CC=C(C)C=C[C@H]2O[C@H](CC(=O)N3CC(O)C3)C[C@@]3(CO3)[C@@H]2O)O[C@@H]1C. The number of aliphatic hydroxyl groups excluding tert-OH is 2. The molecular formula is C31H46N2O9. The topological polar surface area (TPSA) is 147 Å². The fourth-order valence-corrected chi connectivity index (χ4v) is 5.87.